The van der Waals surface area contributed by atoms with Crippen molar-refractivity contribution in [1.29, 1.82) is 0 Å². The van der Waals surface area contributed by atoms with Crippen LogP contribution in [0.2, 0.25) is 0 Å². The third kappa shape index (κ3) is 4.18. The first-order chi connectivity index (χ1) is 20.8. The summed E-state index contributed by atoms with van der Waals surface area (Å²) in [5.41, 5.74) is 10.9. The van der Waals surface area contributed by atoms with Gasteiger partial charge in [-0.2, -0.15) is 0 Å². The Kier molecular flexibility index (Phi) is 5.75. The molecule has 0 atom stereocenters. The van der Waals surface area contributed by atoms with Gasteiger partial charge in [-0.25, -0.2) is 0 Å². The van der Waals surface area contributed by atoms with Crippen molar-refractivity contribution in [2.45, 2.75) is 0 Å². The molecule has 0 saturated carbocycles. The summed E-state index contributed by atoms with van der Waals surface area (Å²) in [5.74, 6) is 0. The van der Waals surface area contributed by atoms with E-state index in [0.29, 0.717) is 0 Å². The van der Waals surface area contributed by atoms with Crippen molar-refractivity contribution in [3.8, 4) is 44.5 Å². The fraction of sp³-hybridized carbons (Fsp3) is 0. The van der Waals surface area contributed by atoms with Gasteiger partial charge in [0.15, 0.2) is 0 Å². The Hall–Kier alpha value is -5.74. The number of rotatable bonds is 4. The van der Waals surface area contributed by atoms with E-state index >= 15 is 0 Å². The first-order valence-corrected chi connectivity index (χ1v) is 13.9. The van der Waals surface area contributed by atoms with Gasteiger partial charge in [-0.05, 0) is 86.6 Å². The van der Waals surface area contributed by atoms with Gasteiger partial charge in [-0.15, -0.1) is 0 Å². The minimum atomic E-state index is 0.932. The molecule has 4 nitrogen and oxygen atoms in total. The molecule has 0 aliphatic carbocycles. The van der Waals surface area contributed by atoms with Crippen molar-refractivity contribution >= 4 is 32.6 Å². The molecule has 196 valence electrons. The molecule has 0 fully saturated rings. The van der Waals surface area contributed by atoms with E-state index in [0.717, 1.165) is 66.3 Å². The van der Waals surface area contributed by atoms with Crippen LogP contribution in [0.4, 0.5) is 0 Å². The Balaban J connectivity index is 1.29. The molecule has 0 spiro atoms. The molecule has 0 radical (unpaired) electrons. The topological polar surface area (TPSA) is 51.6 Å². The molecule has 0 N–H and O–H groups in total. The summed E-state index contributed by atoms with van der Waals surface area (Å²) in [7, 11) is 0. The quantitative estimate of drug-likeness (QED) is 0.210. The van der Waals surface area contributed by atoms with Gasteiger partial charge in [-0.1, -0.05) is 66.7 Å². The molecule has 0 saturated heterocycles. The van der Waals surface area contributed by atoms with Gasteiger partial charge in [0.05, 0.1) is 11.0 Å². The van der Waals surface area contributed by atoms with Crippen molar-refractivity contribution in [3.05, 3.63) is 146 Å². The third-order valence-corrected chi connectivity index (χ3v) is 7.90. The maximum atomic E-state index is 4.71. The summed E-state index contributed by atoms with van der Waals surface area (Å²) in [4.78, 5) is 18.1. The molecular formula is C38H24N4. The Bertz CT molecular complexity index is 2150. The Morgan fingerprint density at radius 3 is 1.43 bits per heavy atom. The number of pyridine rings is 2. The van der Waals surface area contributed by atoms with Crippen molar-refractivity contribution < 1.29 is 0 Å². The molecule has 0 aliphatic heterocycles. The molecule has 3 aromatic heterocycles. The van der Waals surface area contributed by atoms with Crippen LogP contribution in [-0.4, -0.2) is 19.9 Å². The number of hydrogen-bond acceptors (Lipinski definition) is 4. The Morgan fingerprint density at radius 2 is 0.810 bits per heavy atom. The number of benzene rings is 5. The van der Waals surface area contributed by atoms with Crippen LogP contribution in [0.25, 0.3) is 77.1 Å². The van der Waals surface area contributed by atoms with Crippen molar-refractivity contribution in [1.82, 2.24) is 19.9 Å². The van der Waals surface area contributed by atoms with Crippen LogP contribution in [0.5, 0.6) is 0 Å². The SMILES string of the molecule is c1cncc(-c2cc(-c3cccnc3)cc(-c3cccc(-c4ccc5c(c4)c4ccccc4c4nccnc54)c3)c2)c1. The molecule has 4 heteroatoms. The maximum absolute atomic E-state index is 4.71. The normalized spacial score (nSPS) is 11.3. The predicted molar refractivity (Wildman–Crippen MR) is 172 cm³/mol. The summed E-state index contributed by atoms with van der Waals surface area (Å²) in [6, 6.07) is 38.8. The first kappa shape index (κ1) is 24.1. The minimum absolute atomic E-state index is 0.932. The number of nitrogens with zero attached hydrogens (tertiary/aromatic N) is 4. The number of fused-ring (bicyclic) bond motifs is 6. The minimum Gasteiger partial charge on any atom is -0.264 e. The standard InChI is InChI=1S/C38H24N4/c1-2-11-34-33(10-1)36-22-27(12-13-35(36)38-37(34)41-16-17-42-38)25-6-3-7-26(18-25)30-19-31(28-8-4-14-39-23-28)21-32(20-30)29-9-5-15-40-24-29/h1-24H. The lowest BCUT2D eigenvalue weighted by atomic mass is 9.92. The zero-order chi connectivity index (χ0) is 27.9. The van der Waals surface area contributed by atoms with E-state index in [1.54, 1.807) is 24.8 Å². The average molecular weight is 537 g/mol. The lowest BCUT2D eigenvalue weighted by Crippen LogP contribution is -1.89. The van der Waals surface area contributed by atoms with E-state index in [1.807, 2.05) is 24.5 Å². The van der Waals surface area contributed by atoms with Gasteiger partial charge >= 0.3 is 0 Å². The molecule has 8 rings (SSSR count). The smallest absolute Gasteiger partial charge is 0.0971 e. The summed E-state index contributed by atoms with van der Waals surface area (Å²) in [6.07, 6.45) is 11.0. The second kappa shape index (κ2) is 10.0. The second-order valence-corrected chi connectivity index (χ2v) is 10.4. The van der Waals surface area contributed by atoms with Crippen LogP contribution in [0, 0.1) is 0 Å². The molecule has 0 unspecified atom stereocenters. The van der Waals surface area contributed by atoms with Gasteiger partial charge in [0.1, 0.15) is 0 Å². The molecule has 0 amide bonds. The zero-order valence-electron chi connectivity index (χ0n) is 22.6. The van der Waals surface area contributed by atoms with Gasteiger partial charge < -0.3 is 0 Å². The van der Waals surface area contributed by atoms with Crippen LogP contribution < -0.4 is 0 Å². The molecular weight excluding hydrogens is 512 g/mol. The lowest BCUT2D eigenvalue weighted by Gasteiger charge is -2.13. The van der Waals surface area contributed by atoms with E-state index in [4.69, 9.17) is 4.98 Å². The summed E-state index contributed by atoms with van der Waals surface area (Å²) in [5, 5.41) is 4.60. The zero-order valence-corrected chi connectivity index (χ0v) is 22.6. The van der Waals surface area contributed by atoms with Crippen LogP contribution in [0.1, 0.15) is 0 Å². The van der Waals surface area contributed by atoms with E-state index in [9.17, 15) is 0 Å². The summed E-state index contributed by atoms with van der Waals surface area (Å²) < 4.78 is 0. The Labute approximate surface area is 243 Å². The highest BCUT2D eigenvalue weighted by Crippen LogP contribution is 2.37. The van der Waals surface area contributed by atoms with Gasteiger partial charge in [0.2, 0.25) is 0 Å². The first-order valence-electron chi connectivity index (χ1n) is 13.9. The third-order valence-electron chi connectivity index (χ3n) is 7.90. The summed E-state index contributed by atoms with van der Waals surface area (Å²) in [6.45, 7) is 0. The van der Waals surface area contributed by atoms with E-state index in [1.165, 1.54) is 10.8 Å². The number of aromatic nitrogens is 4. The molecule has 0 bridgehead atoms. The lowest BCUT2D eigenvalue weighted by molar-refractivity contribution is 1.31. The van der Waals surface area contributed by atoms with E-state index < -0.39 is 0 Å². The van der Waals surface area contributed by atoms with Gasteiger partial charge in [0.25, 0.3) is 0 Å². The Morgan fingerprint density at radius 1 is 0.310 bits per heavy atom. The van der Waals surface area contributed by atoms with Crippen LogP contribution in [0.3, 0.4) is 0 Å². The van der Waals surface area contributed by atoms with Crippen molar-refractivity contribution in [2.75, 3.05) is 0 Å². The monoisotopic (exact) mass is 536 g/mol. The highest BCUT2D eigenvalue weighted by molar-refractivity contribution is 6.23. The molecule has 8 aromatic rings. The van der Waals surface area contributed by atoms with E-state index in [2.05, 4.69) is 112 Å². The number of hydrogen-bond donors (Lipinski definition) is 0. The maximum Gasteiger partial charge on any atom is 0.0971 e. The fourth-order valence-electron chi connectivity index (χ4n) is 5.88. The summed E-state index contributed by atoms with van der Waals surface area (Å²) >= 11 is 0. The molecule has 0 aliphatic rings. The van der Waals surface area contributed by atoms with Crippen LogP contribution in [-0.2, 0) is 0 Å². The molecule has 42 heavy (non-hydrogen) atoms. The van der Waals surface area contributed by atoms with Crippen LogP contribution in [0.15, 0.2) is 146 Å². The van der Waals surface area contributed by atoms with Crippen LogP contribution >= 0.6 is 0 Å². The second-order valence-electron chi connectivity index (χ2n) is 10.4. The molecule has 5 aromatic carbocycles. The van der Waals surface area contributed by atoms with E-state index in [-0.39, 0.29) is 0 Å². The van der Waals surface area contributed by atoms with Crippen molar-refractivity contribution in [3.63, 3.8) is 0 Å². The van der Waals surface area contributed by atoms with Crippen molar-refractivity contribution in [2.24, 2.45) is 0 Å². The predicted octanol–water partition coefficient (Wildman–Crippen LogP) is 9.39. The highest BCUT2D eigenvalue weighted by Gasteiger charge is 2.13. The molecule has 3 heterocycles. The average Bonchev–Trinajstić information content (AvgIpc) is 3.09. The van der Waals surface area contributed by atoms with Gasteiger partial charge in [0, 0.05) is 59.1 Å². The van der Waals surface area contributed by atoms with Gasteiger partial charge in [-0.3, -0.25) is 19.9 Å². The fourth-order valence-corrected chi connectivity index (χ4v) is 5.88. The largest absolute Gasteiger partial charge is 0.264 e. The highest BCUT2D eigenvalue weighted by atomic mass is 14.8.